The fourth-order valence-corrected chi connectivity index (χ4v) is 3.05. The minimum absolute atomic E-state index is 0.0526. The Hall–Kier alpha value is -1.83. The van der Waals surface area contributed by atoms with Crippen molar-refractivity contribution in [3.8, 4) is 0 Å². The van der Waals surface area contributed by atoms with Gasteiger partial charge in [-0.3, -0.25) is 4.79 Å². The molecule has 8 nitrogen and oxygen atoms in total. The summed E-state index contributed by atoms with van der Waals surface area (Å²) in [7, 11) is 0. The van der Waals surface area contributed by atoms with Crippen molar-refractivity contribution in [3.63, 3.8) is 0 Å². The van der Waals surface area contributed by atoms with Crippen LogP contribution in [-0.2, 0) is 9.59 Å². The summed E-state index contributed by atoms with van der Waals surface area (Å²) in [5.74, 6) is -1.25. The maximum absolute atomic E-state index is 12.4. The number of hydrogen-bond acceptors (Lipinski definition) is 4. The van der Waals surface area contributed by atoms with Crippen LogP contribution in [-0.4, -0.2) is 69.7 Å². The Kier molecular flexibility index (Phi) is 4.66. The van der Waals surface area contributed by atoms with Crippen molar-refractivity contribution in [2.45, 2.75) is 37.8 Å². The first-order valence-electron chi connectivity index (χ1n) is 7.13. The molecule has 0 aromatic heterocycles. The van der Waals surface area contributed by atoms with E-state index in [9.17, 15) is 19.5 Å². The molecule has 4 N–H and O–H groups in total. The van der Waals surface area contributed by atoms with Gasteiger partial charge >= 0.3 is 12.0 Å². The van der Waals surface area contributed by atoms with Crippen LogP contribution in [0.1, 0.15) is 25.7 Å². The van der Waals surface area contributed by atoms with E-state index in [4.69, 9.17) is 10.8 Å². The normalized spacial score (nSPS) is 26.9. The highest BCUT2D eigenvalue weighted by Crippen LogP contribution is 2.24. The SMILES string of the molecule is NC(=O)CC1CCN(C(=O)N2CC(O)CC2C(=O)O)CC1. The molecular weight excluding hydrogens is 278 g/mol. The maximum Gasteiger partial charge on any atom is 0.326 e. The number of nitrogens with zero attached hydrogens (tertiary/aromatic N) is 2. The fourth-order valence-electron chi connectivity index (χ4n) is 3.05. The van der Waals surface area contributed by atoms with Crippen molar-refractivity contribution >= 4 is 17.9 Å². The monoisotopic (exact) mass is 299 g/mol. The molecule has 2 aliphatic rings. The second-order valence-corrected chi connectivity index (χ2v) is 5.78. The molecule has 2 saturated heterocycles. The van der Waals surface area contributed by atoms with Gasteiger partial charge in [-0.1, -0.05) is 0 Å². The number of piperidine rings is 1. The number of aliphatic hydroxyl groups excluding tert-OH is 1. The summed E-state index contributed by atoms with van der Waals surface area (Å²) in [6.45, 7) is 1.02. The van der Waals surface area contributed by atoms with Crippen LogP contribution in [0.3, 0.4) is 0 Å². The number of carboxylic acid groups (broad SMARTS) is 1. The van der Waals surface area contributed by atoms with Crippen LogP contribution in [0, 0.1) is 5.92 Å². The van der Waals surface area contributed by atoms with Crippen LogP contribution in [0.5, 0.6) is 0 Å². The zero-order valence-electron chi connectivity index (χ0n) is 11.8. The molecule has 3 amide bonds. The summed E-state index contributed by atoms with van der Waals surface area (Å²) in [6.07, 6.45) is 0.968. The zero-order chi connectivity index (χ0) is 15.6. The van der Waals surface area contributed by atoms with Crippen LogP contribution in [0.4, 0.5) is 4.79 Å². The number of likely N-dealkylation sites (tertiary alicyclic amines) is 2. The average Bonchev–Trinajstić information content (AvgIpc) is 2.80. The molecule has 2 aliphatic heterocycles. The summed E-state index contributed by atoms with van der Waals surface area (Å²) >= 11 is 0. The van der Waals surface area contributed by atoms with Gasteiger partial charge in [0.1, 0.15) is 6.04 Å². The van der Waals surface area contributed by atoms with Gasteiger partial charge in [-0.2, -0.15) is 0 Å². The number of amides is 3. The molecule has 2 unspecified atom stereocenters. The first-order chi connectivity index (χ1) is 9.88. The van der Waals surface area contributed by atoms with Gasteiger partial charge in [0.2, 0.25) is 5.91 Å². The van der Waals surface area contributed by atoms with Gasteiger partial charge in [-0.05, 0) is 18.8 Å². The first kappa shape index (κ1) is 15.6. The third-order valence-electron chi connectivity index (χ3n) is 4.18. The van der Waals surface area contributed by atoms with Crippen molar-refractivity contribution in [3.05, 3.63) is 0 Å². The number of carbonyl (C=O) groups is 3. The van der Waals surface area contributed by atoms with Crippen LogP contribution < -0.4 is 5.73 Å². The molecule has 0 aromatic rings. The van der Waals surface area contributed by atoms with Gasteiger partial charge in [0.25, 0.3) is 0 Å². The Morgan fingerprint density at radius 3 is 2.33 bits per heavy atom. The van der Waals surface area contributed by atoms with Crippen molar-refractivity contribution in [2.24, 2.45) is 11.7 Å². The lowest BCUT2D eigenvalue weighted by Crippen LogP contribution is -2.50. The molecule has 21 heavy (non-hydrogen) atoms. The summed E-state index contributed by atoms with van der Waals surface area (Å²) in [5.41, 5.74) is 5.16. The number of urea groups is 1. The Morgan fingerprint density at radius 1 is 1.19 bits per heavy atom. The number of nitrogens with two attached hydrogens (primary N) is 1. The molecule has 0 radical (unpaired) electrons. The quantitative estimate of drug-likeness (QED) is 0.630. The average molecular weight is 299 g/mol. The molecule has 0 saturated carbocycles. The minimum Gasteiger partial charge on any atom is -0.480 e. The van der Waals surface area contributed by atoms with E-state index >= 15 is 0 Å². The molecule has 0 bridgehead atoms. The molecule has 0 spiro atoms. The number of rotatable bonds is 3. The Labute approximate surface area is 122 Å². The lowest BCUT2D eigenvalue weighted by atomic mass is 9.93. The Bertz CT molecular complexity index is 434. The molecule has 2 atom stereocenters. The van der Waals surface area contributed by atoms with Crippen LogP contribution in [0.2, 0.25) is 0 Å². The van der Waals surface area contributed by atoms with E-state index < -0.39 is 18.1 Å². The predicted octanol–water partition coefficient (Wildman–Crippen LogP) is -0.786. The Morgan fingerprint density at radius 2 is 1.81 bits per heavy atom. The summed E-state index contributed by atoms with van der Waals surface area (Å²) in [4.78, 5) is 37.2. The largest absolute Gasteiger partial charge is 0.480 e. The summed E-state index contributed by atoms with van der Waals surface area (Å²) < 4.78 is 0. The number of β-amino-alcohol motifs (C(OH)–C–C–N with tert-alkyl or cyclic N) is 1. The predicted molar refractivity (Wildman–Crippen MR) is 72.3 cm³/mol. The first-order valence-corrected chi connectivity index (χ1v) is 7.13. The maximum atomic E-state index is 12.4. The second-order valence-electron chi connectivity index (χ2n) is 5.78. The molecule has 2 rings (SSSR count). The van der Waals surface area contributed by atoms with Gasteiger partial charge in [0.15, 0.2) is 0 Å². The highest BCUT2D eigenvalue weighted by atomic mass is 16.4. The number of aliphatic hydroxyl groups is 1. The summed E-state index contributed by atoms with van der Waals surface area (Å²) in [6, 6.07) is -1.31. The molecule has 118 valence electrons. The van der Waals surface area contributed by atoms with Crippen molar-refractivity contribution in [1.82, 2.24) is 9.80 Å². The van der Waals surface area contributed by atoms with E-state index in [1.165, 1.54) is 4.90 Å². The lowest BCUT2D eigenvalue weighted by Gasteiger charge is -2.35. The molecular formula is C13H21N3O5. The van der Waals surface area contributed by atoms with Crippen molar-refractivity contribution in [1.29, 1.82) is 0 Å². The number of hydrogen-bond donors (Lipinski definition) is 3. The van der Waals surface area contributed by atoms with E-state index in [1.807, 2.05) is 0 Å². The van der Waals surface area contributed by atoms with Gasteiger partial charge in [-0.25, -0.2) is 9.59 Å². The number of carboxylic acids is 1. The van der Waals surface area contributed by atoms with Crippen molar-refractivity contribution < 1.29 is 24.6 Å². The molecule has 0 aromatic carbocycles. The van der Waals surface area contributed by atoms with Crippen LogP contribution >= 0.6 is 0 Å². The third kappa shape index (κ3) is 3.63. The lowest BCUT2D eigenvalue weighted by molar-refractivity contribution is -0.141. The van der Waals surface area contributed by atoms with Crippen LogP contribution in [0.25, 0.3) is 0 Å². The zero-order valence-corrected chi connectivity index (χ0v) is 11.8. The molecule has 2 heterocycles. The molecule has 0 aliphatic carbocycles. The second kappa shape index (κ2) is 6.30. The van der Waals surface area contributed by atoms with Crippen molar-refractivity contribution in [2.75, 3.05) is 19.6 Å². The standard InChI is InChI=1S/C13H21N3O5/c14-11(18)5-8-1-3-15(4-2-8)13(21)16-7-9(17)6-10(16)12(19)20/h8-10,17H,1-7H2,(H2,14,18)(H,19,20). The Balaban J connectivity index is 1.92. The fraction of sp³-hybridized carbons (Fsp3) is 0.769. The van der Waals surface area contributed by atoms with Gasteiger partial charge in [0.05, 0.1) is 6.10 Å². The summed E-state index contributed by atoms with van der Waals surface area (Å²) in [5, 5.41) is 18.7. The van der Waals surface area contributed by atoms with Gasteiger partial charge in [0, 0.05) is 32.5 Å². The van der Waals surface area contributed by atoms with Gasteiger partial charge < -0.3 is 25.7 Å². The third-order valence-corrected chi connectivity index (χ3v) is 4.18. The smallest absolute Gasteiger partial charge is 0.326 e. The van der Waals surface area contributed by atoms with E-state index in [-0.39, 0.29) is 30.8 Å². The van der Waals surface area contributed by atoms with E-state index in [0.717, 1.165) is 0 Å². The van der Waals surface area contributed by atoms with Crippen LogP contribution in [0.15, 0.2) is 0 Å². The molecule has 8 heteroatoms. The minimum atomic E-state index is -1.09. The highest BCUT2D eigenvalue weighted by Gasteiger charge is 2.41. The van der Waals surface area contributed by atoms with E-state index in [2.05, 4.69) is 0 Å². The number of aliphatic carboxylic acids is 1. The van der Waals surface area contributed by atoms with E-state index in [1.54, 1.807) is 4.90 Å². The topological polar surface area (TPSA) is 124 Å². The number of primary amides is 1. The van der Waals surface area contributed by atoms with Gasteiger partial charge in [-0.15, -0.1) is 0 Å². The number of carbonyl (C=O) groups excluding carboxylic acids is 2. The highest BCUT2D eigenvalue weighted by molar-refractivity contribution is 5.83. The molecule has 2 fully saturated rings. The van der Waals surface area contributed by atoms with E-state index in [0.29, 0.717) is 32.4 Å².